The second kappa shape index (κ2) is 4.83. The van der Waals surface area contributed by atoms with Crippen molar-refractivity contribution in [3.63, 3.8) is 0 Å². The van der Waals surface area contributed by atoms with Crippen LogP contribution in [0.15, 0.2) is 11.8 Å². The van der Waals surface area contributed by atoms with E-state index in [4.69, 9.17) is 4.74 Å². The molecule has 3 nitrogen and oxygen atoms in total. The van der Waals surface area contributed by atoms with E-state index in [1.54, 1.807) is 6.08 Å². The van der Waals surface area contributed by atoms with Crippen molar-refractivity contribution in [2.24, 2.45) is 0 Å². The van der Waals surface area contributed by atoms with Crippen LogP contribution in [0.2, 0.25) is 19.1 Å². The average Bonchev–Trinajstić information content (AvgIpc) is 2.45. The fourth-order valence-corrected chi connectivity index (χ4v) is 5.27. The van der Waals surface area contributed by atoms with Gasteiger partial charge >= 0.3 is 5.97 Å². The van der Waals surface area contributed by atoms with Crippen molar-refractivity contribution in [3.05, 3.63) is 11.8 Å². The van der Waals surface area contributed by atoms with Gasteiger partial charge in [-0.05, 0) is 26.3 Å². The Labute approximate surface area is 93.2 Å². The summed E-state index contributed by atoms with van der Waals surface area (Å²) in [6.07, 6.45) is 2.89. The highest BCUT2D eigenvalue weighted by molar-refractivity contribution is 6.75. The van der Waals surface area contributed by atoms with E-state index in [1.807, 2.05) is 13.8 Å². The number of hydrogen-bond donors (Lipinski definition) is 0. The maximum absolute atomic E-state index is 11.3. The van der Waals surface area contributed by atoms with Gasteiger partial charge in [-0.15, -0.1) is 0 Å². The second-order valence-electron chi connectivity index (χ2n) is 4.61. The van der Waals surface area contributed by atoms with Gasteiger partial charge in [0.05, 0.1) is 6.61 Å². The number of allylic oxidation sites excluding steroid dienone is 1. The predicted octanol–water partition coefficient (Wildman–Crippen LogP) is 2.36. The summed E-state index contributed by atoms with van der Waals surface area (Å²) in [6, 6.07) is 1.32. The molecule has 1 fully saturated rings. The number of ether oxygens (including phenoxy) is 1. The zero-order valence-corrected chi connectivity index (χ0v) is 11.2. The highest BCUT2D eigenvalue weighted by atomic mass is 28.3. The SMILES string of the molecule is CCOC(=O)C=C(C)N1CCC[Si]1(C)C. The third-order valence-electron chi connectivity index (χ3n) is 2.94. The van der Waals surface area contributed by atoms with Crippen molar-refractivity contribution < 1.29 is 9.53 Å². The third-order valence-corrected chi connectivity index (χ3v) is 6.55. The summed E-state index contributed by atoms with van der Waals surface area (Å²) in [5.41, 5.74) is 1.07. The fraction of sp³-hybridized carbons (Fsp3) is 0.727. The summed E-state index contributed by atoms with van der Waals surface area (Å²) in [5.74, 6) is -0.216. The Hall–Kier alpha value is -0.773. The lowest BCUT2D eigenvalue weighted by Crippen LogP contribution is -2.41. The van der Waals surface area contributed by atoms with Crippen molar-refractivity contribution in [3.8, 4) is 0 Å². The van der Waals surface area contributed by atoms with E-state index in [1.165, 1.54) is 12.5 Å². The molecule has 0 aromatic rings. The van der Waals surface area contributed by atoms with E-state index >= 15 is 0 Å². The molecule has 0 aromatic heterocycles. The molecule has 0 spiro atoms. The maximum atomic E-state index is 11.3. The standard InChI is InChI=1S/C11H21NO2Si/c1-5-14-11(13)9-10(2)12-7-6-8-15(12,3)4/h9H,5-8H2,1-4H3. The van der Waals surface area contributed by atoms with Crippen LogP contribution in [0.25, 0.3) is 0 Å². The van der Waals surface area contributed by atoms with Crippen LogP contribution in [0, 0.1) is 0 Å². The summed E-state index contributed by atoms with van der Waals surface area (Å²) in [7, 11) is -1.27. The van der Waals surface area contributed by atoms with Crippen LogP contribution >= 0.6 is 0 Å². The average molecular weight is 227 g/mol. The first-order valence-electron chi connectivity index (χ1n) is 5.60. The highest BCUT2D eigenvalue weighted by Gasteiger charge is 2.34. The van der Waals surface area contributed by atoms with Crippen LogP contribution in [-0.4, -0.2) is 31.9 Å². The number of carbonyl (C=O) groups excluding carboxylic acids is 1. The largest absolute Gasteiger partial charge is 0.463 e. The molecule has 0 saturated carbocycles. The Balaban J connectivity index is 2.67. The Bertz CT molecular complexity index is 274. The van der Waals surface area contributed by atoms with Gasteiger partial charge in [0.15, 0.2) is 0 Å². The van der Waals surface area contributed by atoms with Crippen LogP contribution in [-0.2, 0) is 9.53 Å². The molecule has 1 saturated heterocycles. The van der Waals surface area contributed by atoms with Crippen molar-refractivity contribution in [1.82, 2.24) is 4.57 Å². The van der Waals surface area contributed by atoms with Crippen molar-refractivity contribution in [1.29, 1.82) is 0 Å². The van der Waals surface area contributed by atoms with Crippen molar-refractivity contribution in [2.45, 2.75) is 39.4 Å². The van der Waals surface area contributed by atoms with E-state index in [9.17, 15) is 4.79 Å². The lowest BCUT2D eigenvalue weighted by atomic mass is 10.4. The Kier molecular flexibility index (Phi) is 3.96. The molecule has 1 heterocycles. The van der Waals surface area contributed by atoms with E-state index in [0.717, 1.165) is 12.2 Å². The van der Waals surface area contributed by atoms with Gasteiger partial charge in [0.1, 0.15) is 8.24 Å². The Morgan fingerprint density at radius 3 is 2.67 bits per heavy atom. The molecular formula is C11H21NO2Si. The quantitative estimate of drug-likeness (QED) is 0.421. The van der Waals surface area contributed by atoms with Gasteiger partial charge in [-0.1, -0.05) is 13.1 Å². The summed E-state index contributed by atoms with van der Waals surface area (Å²) in [6.45, 7) is 10.1. The van der Waals surface area contributed by atoms with Gasteiger partial charge in [0, 0.05) is 18.3 Å². The molecule has 0 atom stereocenters. The molecule has 0 bridgehead atoms. The molecule has 86 valence electrons. The van der Waals surface area contributed by atoms with E-state index in [0.29, 0.717) is 6.61 Å². The maximum Gasteiger partial charge on any atom is 0.332 e. The molecule has 0 unspecified atom stereocenters. The highest BCUT2D eigenvalue weighted by Crippen LogP contribution is 2.28. The van der Waals surface area contributed by atoms with Gasteiger partial charge in [0.2, 0.25) is 0 Å². The minimum Gasteiger partial charge on any atom is -0.463 e. The minimum absolute atomic E-state index is 0.216. The molecule has 0 amide bonds. The number of carbonyl (C=O) groups is 1. The van der Waals surface area contributed by atoms with E-state index in [-0.39, 0.29) is 5.97 Å². The summed E-state index contributed by atoms with van der Waals surface area (Å²) in [5, 5.41) is 0. The van der Waals surface area contributed by atoms with Gasteiger partial charge < -0.3 is 9.30 Å². The van der Waals surface area contributed by atoms with Crippen molar-refractivity contribution >= 4 is 14.2 Å². The zero-order chi connectivity index (χ0) is 11.5. The topological polar surface area (TPSA) is 29.5 Å². The number of rotatable bonds is 3. The fourth-order valence-electron chi connectivity index (χ4n) is 2.19. The summed E-state index contributed by atoms with van der Waals surface area (Å²) in [4.78, 5) is 11.3. The van der Waals surface area contributed by atoms with Crippen LogP contribution in [0.3, 0.4) is 0 Å². The molecule has 0 radical (unpaired) electrons. The minimum atomic E-state index is -1.27. The number of esters is 1. The first-order chi connectivity index (χ1) is 6.97. The molecule has 4 heteroatoms. The van der Waals surface area contributed by atoms with Gasteiger partial charge in [0.25, 0.3) is 0 Å². The van der Waals surface area contributed by atoms with Crippen molar-refractivity contribution in [2.75, 3.05) is 13.2 Å². The lowest BCUT2D eigenvalue weighted by molar-refractivity contribution is -0.137. The third kappa shape index (κ3) is 3.09. The smallest absolute Gasteiger partial charge is 0.332 e. The molecule has 1 aliphatic heterocycles. The van der Waals surface area contributed by atoms with E-state index < -0.39 is 8.24 Å². The first kappa shape index (κ1) is 12.3. The first-order valence-corrected chi connectivity index (χ1v) is 8.75. The normalized spacial score (nSPS) is 20.5. The van der Waals surface area contributed by atoms with Gasteiger partial charge in [-0.3, -0.25) is 0 Å². The Morgan fingerprint density at radius 2 is 2.20 bits per heavy atom. The summed E-state index contributed by atoms with van der Waals surface area (Å²) >= 11 is 0. The number of nitrogens with zero attached hydrogens (tertiary/aromatic N) is 1. The van der Waals surface area contributed by atoms with Gasteiger partial charge in [-0.25, -0.2) is 4.79 Å². The zero-order valence-electron chi connectivity index (χ0n) is 10.2. The molecule has 0 aliphatic carbocycles. The second-order valence-corrected chi connectivity index (χ2v) is 9.27. The van der Waals surface area contributed by atoms with Gasteiger partial charge in [-0.2, -0.15) is 0 Å². The molecule has 0 N–H and O–H groups in total. The molecule has 1 rings (SSSR count). The van der Waals surface area contributed by atoms with Crippen LogP contribution in [0.5, 0.6) is 0 Å². The monoisotopic (exact) mass is 227 g/mol. The Morgan fingerprint density at radius 1 is 1.53 bits per heavy atom. The van der Waals surface area contributed by atoms with Crippen LogP contribution < -0.4 is 0 Å². The molecule has 1 aliphatic rings. The van der Waals surface area contributed by atoms with E-state index in [2.05, 4.69) is 17.7 Å². The number of hydrogen-bond acceptors (Lipinski definition) is 3. The molecule has 15 heavy (non-hydrogen) atoms. The molecular weight excluding hydrogens is 206 g/mol. The van der Waals surface area contributed by atoms with Crippen LogP contribution in [0.1, 0.15) is 20.3 Å². The summed E-state index contributed by atoms with van der Waals surface area (Å²) < 4.78 is 7.33. The lowest BCUT2D eigenvalue weighted by Gasteiger charge is -2.32. The predicted molar refractivity (Wildman–Crippen MR) is 64.0 cm³/mol. The molecule has 0 aromatic carbocycles. The van der Waals surface area contributed by atoms with Crippen LogP contribution in [0.4, 0.5) is 0 Å².